The molecule has 1 aliphatic heterocycles. The minimum atomic E-state index is -4.40. The summed E-state index contributed by atoms with van der Waals surface area (Å²) in [5.41, 5.74) is 1.44. The summed E-state index contributed by atoms with van der Waals surface area (Å²) in [5, 5.41) is 5.94. The van der Waals surface area contributed by atoms with Gasteiger partial charge in [-0.15, -0.1) is 0 Å². The molecule has 5 nitrogen and oxygen atoms in total. The Labute approximate surface area is 131 Å². The van der Waals surface area contributed by atoms with Crippen molar-refractivity contribution < 1.29 is 13.2 Å². The fraction of sp³-hybridized carbons (Fsp3) is 0.533. The third-order valence-electron chi connectivity index (χ3n) is 4.05. The highest BCUT2D eigenvalue weighted by Crippen LogP contribution is 2.32. The molecule has 23 heavy (non-hydrogen) atoms. The zero-order valence-electron chi connectivity index (χ0n) is 12.8. The zero-order valence-corrected chi connectivity index (χ0v) is 12.8. The molecule has 3 heterocycles. The van der Waals surface area contributed by atoms with Crippen LogP contribution in [-0.2, 0) is 12.7 Å². The third kappa shape index (κ3) is 3.87. The van der Waals surface area contributed by atoms with Crippen molar-refractivity contribution in [2.75, 3.05) is 13.1 Å². The smallest absolute Gasteiger partial charge is 0.297 e. The predicted molar refractivity (Wildman–Crippen MR) is 77.6 cm³/mol. The number of hydrogen-bond acceptors (Lipinski definition) is 4. The first-order valence-electron chi connectivity index (χ1n) is 7.54. The second kappa shape index (κ2) is 6.27. The van der Waals surface area contributed by atoms with Crippen LogP contribution in [0.4, 0.5) is 13.2 Å². The number of piperidine rings is 1. The molecule has 124 valence electrons. The van der Waals surface area contributed by atoms with Gasteiger partial charge in [0.05, 0.1) is 11.4 Å². The van der Waals surface area contributed by atoms with E-state index in [1.807, 2.05) is 6.92 Å². The van der Waals surface area contributed by atoms with Crippen molar-refractivity contribution in [1.29, 1.82) is 0 Å². The molecule has 1 atom stereocenters. The van der Waals surface area contributed by atoms with Gasteiger partial charge in [0.15, 0.2) is 5.69 Å². The molecule has 0 radical (unpaired) electrons. The molecule has 0 amide bonds. The first-order valence-corrected chi connectivity index (χ1v) is 7.54. The maximum atomic E-state index is 12.7. The van der Waals surface area contributed by atoms with E-state index in [4.69, 9.17) is 0 Å². The van der Waals surface area contributed by atoms with Gasteiger partial charge >= 0.3 is 6.18 Å². The van der Waals surface area contributed by atoms with Crippen LogP contribution in [0, 0.1) is 6.92 Å². The number of rotatable bonds is 3. The Bertz CT molecular complexity index is 650. The van der Waals surface area contributed by atoms with E-state index in [9.17, 15) is 13.2 Å². The van der Waals surface area contributed by atoms with E-state index in [2.05, 4.69) is 25.1 Å². The van der Waals surface area contributed by atoms with Crippen molar-refractivity contribution >= 4 is 0 Å². The molecule has 2 aromatic heterocycles. The summed E-state index contributed by atoms with van der Waals surface area (Å²) in [6, 6.07) is 1.12. The van der Waals surface area contributed by atoms with E-state index >= 15 is 0 Å². The van der Waals surface area contributed by atoms with Crippen molar-refractivity contribution in [3.63, 3.8) is 0 Å². The molecule has 1 N–H and O–H groups in total. The maximum absolute atomic E-state index is 12.7. The number of nitrogens with one attached hydrogen (secondary N) is 1. The number of halogens is 3. The van der Waals surface area contributed by atoms with Crippen LogP contribution in [0.15, 0.2) is 18.5 Å². The summed E-state index contributed by atoms with van der Waals surface area (Å²) in [7, 11) is 0. The number of aryl methyl sites for hydroxylation is 1. The van der Waals surface area contributed by atoms with Crippen LogP contribution >= 0.6 is 0 Å². The van der Waals surface area contributed by atoms with E-state index in [1.165, 1.54) is 0 Å². The van der Waals surface area contributed by atoms with E-state index in [0.717, 1.165) is 36.8 Å². The van der Waals surface area contributed by atoms with Gasteiger partial charge in [0.25, 0.3) is 0 Å². The van der Waals surface area contributed by atoms with Crippen LogP contribution in [0.25, 0.3) is 0 Å². The number of nitrogens with zero attached hydrogens (tertiary/aromatic N) is 4. The van der Waals surface area contributed by atoms with Gasteiger partial charge in [-0.3, -0.25) is 20.0 Å². The Morgan fingerprint density at radius 3 is 2.78 bits per heavy atom. The average molecular weight is 325 g/mol. The van der Waals surface area contributed by atoms with Crippen molar-refractivity contribution in [1.82, 2.24) is 25.1 Å². The van der Waals surface area contributed by atoms with Crippen LogP contribution in [0.3, 0.4) is 0 Å². The van der Waals surface area contributed by atoms with E-state index in [1.54, 1.807) is 12.4 Å². The van der Waals surface area contributed by atoms with Gasteiger partial charge in [-0.05, 0) is 32.4 Å². The van der Waals surface area contributed by atoms with Crippen LogP contribution < -0.4 is 0 Å². The molecule has 1 saturated heterocycles. The molecular weight excluding hydrogens is 307 g/mol. The second-order valence-corrected chi connectivity index (χ2v) is 5.93. The fourth-order valence-electron chi connectivity index (χ4n) is 2.87. The Morgan fingerprint density at radius 1 is 1.30 bits per heavy atom. The number of likely N-dealkylation sites (tertiary alicyclic amines) is 1. The Kier molecular flexibility index (Phi) is 4.34. The van der Waals surface area contributed by atoms with Crippen LogP contribution in [0.2, 0.25) is 0 Å². The molecule has 0 spiro atoms. The lowest BCUT2D eigenvalue weighted by molar-refractivity contribution is -0.141. The summed E-state index contributed by atoms with van der Waals surface area (Å²) >= 11 is 0. The first kappa shape index (κ1) is 15.9. The van der Waals surface area contributed by atoms with Crippen molar-refractivity contribution in [2.24, 2.45) is 0 Å². The van der Waals surface area contributed by atoms with Gasteiger partial charge < -0.3 is 0 Å². The quantitative estimate of drug-likeness (QED) is 0.943. The lowest BCUT2D eigenvalue weighted by atomic mass is 9.94. The van der Waals surface area contributed by atoms with Crippen LogP contribution in [0.5, 0.6) is 0 Å². The standard InChI is InChI=1S/C15H18F3N5/c1-10-6-20-12(7-19-10)9-23-4-2-3-11(8-23)13-5-14(22-21-13)15(16,17)18/h5-7,11H,2-4,8-9H2,1H3,(H,21,22)/t11-/m1/s1. The predicted octanol–water partition coefficient (Wildman–Crippen LogP) is 2.91. The molecule has 0 unspecified atom stereocenters. The number of aromatic nitrogens is 4. The summed E-state index contributed by atoms with van der Waals surface area (Å²) in [4.78, 5) is 10.8. The number of H-pyrrole nitrogens is 1. The molecule has 0 aliphatic carbocycles. The number of hydrogen-bond donors (Lipinski definition) is 1. The minimum absolute atomic E-state index is 0.0331. The summed E-state index contributed by atoms with van der Waals surface area (Å²) in [6.07, 6.45) is 0.860. The van der Waals surface area contributed by atoms with Crippen LogP contribution in [0.1, 0.15) is 41.5 Å². The lowest BCUT2D eigenvalue weighted by Gasteiger charge is -2.31. The minimum Gasteiger partial charge on any atom is -0.297 e. The van der Waals surface area contributed by atoms with Gasteiger partial charge in [-0.2, -0.15) is 18.3 Å². The van der Waals surface area contributed by atoms with E-state index in [0.29, 0.717) is 18.8 Å². The molecule has 1 aliphatic rings. The van der Waals surface area contributed by atoms with Crippen LogP contribution in [-0.4, -0.2) is 38.2 Å². The second-order valence-electron chi connectivity index (χ2n) is 5.93. The molecule has 2 aromatic rings. The van der Waals surface area contributed by atoms with Gasteiger partial charge in [-0.25, -0.2) is 0 Å². The topological polar surface area (TPSA) is 57.7 Å². The van der Waals surface area contributed by atoms with Crippen molar-refractivity contribution in [3.05, 3.63) is 41.2 Å². The Morgan fingerprint density at radius 2 is 2.13 bits per heavy atom. The molecule has 0 saturated carbocycles. The average Bonchev–Trinajstić information content (AvgIpc) is 3.00. The lowest BCUT2D eigenvalue weighted by Crippen LogP contribution is -2.34. The van der Waals surface area contributed by atoms with Gasteiger partial charge in [0, 0.05) is 37.1 Å². The van der Waals surface area contributed by atoms with E-state index < -0.39 is 11.9 Å². The molecule has 0 bridgehead atoms. The largest absolute Gasteiger partial charge is 0.435 e. The monoisotopic (exact) mass is 325 g/mol. The first-order chi connectivity index (χ1) is 10.9. The molecule has 8 heteroatoms. The number of aromatic amines is 1. The highest BCUT2D eigenvalue weighted by Gasteiger charge is 2.35. The van der Waals surface area contributed by atoms with Gasteiger partial charge in [0.2, 0.25) is 0 Å². The maximum Gasteiger partial charge on any atom is 0.435 e. The Hall–Kier alpha value is -1.96. The third-order valence-corrected chi connectivity index (χ3v) is 4.05. The van der Waals surface area contributed by atoms with Gasteiger partial charge in [0.1, 0.15) is 0 Å². The highest BCUT2D eigenvalue weighted by molar-refractivity contribution is 5.16. The molecule has 3 rings (SSSR count). The zero-order chi connectivity index (χ0) is 16.4. The molecule has 1 fully saturated rings. The SMILES string of the molecule is Cc1cnc(CN2CCC[C@@H](c3cc(C(F)(F)F)n[nH]3)C2)cn1. The highest BCUT2D eigenvalue weighted by atomic mass is 19.4. The molecule has 0 aromatic carbocycles. The van der Waals surface area contributed by atoms with Crippen molar-refractivity contribution in [2.45, 2.75) is 38.4 Å². The summed E-state index contributed by atoms with van der Waals surface area (Å²) in [6.45, 7) is 4.13. The summed E-state index contributed by atoms with van der Waals surface area (Å²) in [5.74, 6) is 0.0331. The number of alkyl halides is 3. The van der Waals surface area contributed by atoms with E-state index in [-0.39, 0.29) is 5.92 Å². The Balaban J connectivity index is 1.66. The van der Waals surface area contributed by atoms with Gasteiger partial charge in [-0.1, -0.05) is 0 Å². The fourth-order valence-corrected chi connectivity index (χ4v) is 2.87. The summed E-state index contributed by atoms with van der Waals surface area (Å²) < 4.78 is 38.0. The molecular formula is C15H18F3N5. The van der Waals surface area contributed by atoms with Crippen molar-refractivity contribution in [3.8, 4) is 0 Å². The normalized spacial score (nSPS) is 19.9.